The van der Waals surface area contributed by atoms with Crippen molar-refractivity contribution in [1.82, 2.24) is 5.32 Å². The number of carbonyl (C=O) groups excluding carboxylic acids is 2. The predicted molar refractivity (Wildman–Crippen MR) is 62.4 cm³/mol. The maximum absolute atomic E-state index is 12.7. The number of benzene rings is 1. The fourth-order valence-corrected chi connectivity index (χ4v) is 1.29. The monoisotopic (exact) mass is 269 g/mol. The highest BCUT2D eigenvalue weighted by atomic mass is 19.4. The van der Waals surface area contributed by atoms with E-state index in [1.165, 1.54) is 13.0 Å². The smallest absolute Gasteiger partial charge is 0.345 e. The molecule has 3 nitrogen and oxygen atoms in total. The Morgan fingerprint density at radius 3 is 2.63 bits per heavy atom. The van der Waals surface area contributed by atoms with Crippen LogP contribution in [0.3, 0.4) is 0 Å². The Morgan fingerprint density at radius 1 is 1.42 bits per heavy atom. The van der Waals surface area contributed by atoms with Gasteiger partial charge in [0.25, 0.3) is 0 Å². The first-order valence-corrected chi connectivity index (χ1v) is 5.24. The summed E-state index contributed by atoms with van der Waals surface area (Å²) in [4.78, 5) is 21.0. The number of nitrogens with one attached hydrogen (secondary N) is 1. The zero-order chi connectivity index (χ0) is 14.5. The molecule has 1 rings (SSSR count). The standard InChI is InChI=1S/C13H10F3NO2/c1-9(19)17-6-2-3-11-5-4-10(8-18)7-12(11)13(14,15)16/h4-5,7-8H,6H2,1H3,(H,17,19). The van der Waals surface area contributed by atoms with Gasteiger partial charge in [0.1, 0.15) is 6.29 Å². The lowest BCUT2D eigenvalue weighted by Gasteiger charge is -2.09. The highest BCUT2D eigenvalue weighted by Crippen LogP contribution is 2.32. The van der Waals surface area contributed by atoms with Crippen LogP contribution in [-0.4, -0.2) is 18.7 Å². The van der Waals surface area contributed by atoms with Crippen molar-refractivity contribution >= 4 is 12.2 Å². The molecule has 0 heterocycles. The van der Waals surface area contributed by atoms with Gasteiger partial charge in [0.15, 0.2) is 0 Å². The number of rotatable bonds is 2. The molecule has 100 valence electrons. The minimum atomic E-state index is -4.59. The van der Waals surface area contributed by atoms with Crippen LogP contribution in [0, 0.1) is 11.8 Å². The maximum Gasteiger partial charge on any atom is 0.417 e. The Kier molecular flexibility index (Phi) is 4.70. The van der Waals surface area contributed by atoms with Crippen LogP contribution in [0.1, 0.15) is 28.4 Å². The number of halogens is 3. The van der Waals surface area contributed by atoms with Crippen LogP contribution in [0.15, 0.2) is 18.2 Å². The van der Waals surface area contributed by atoms with Crippen molar-refractivity contribution < 1.29 is 22.8 Å². The van der Waals surface area contributed by atoms with Crippen molar-refractivity contribution in [3.63, 3.8) is 0 Å². The molecule has 0 spiro atoms. The average molecular weight is 269 g/mol. The molecule has 0 radical (unpaired) electrons. The number of aldehydes is 1. The van der Waals surface area contributed by atoms with E-state index in [-0.39, 0.29) is 23.6 Å². The molecule has 19 heavy (non-hydrogen) atoms. The average Bonchev–Trinajstić information content (AvgIpc) is 2.33. The molecule has 0 fully saturated rings. The van der Waals surface area contributed by atoms with Crippen molar-refractivity contribution in [3.05, 3.63) is 34.9 Å². The Balaban J connectivity index is 3.06. The van der Waals surface area contributed by atoms with Crippen LogP contribution >= 0.6 is 0 Å². The van der Waals surface area contributed by atoms with Gasteiger partial charge in [-0.15, -0.1) is 0 Å². The van der Waals surface area contributed by atoms with Crippen molar-refractivity contribution in [2.24, 2.45) is 0 Å². The van der Waals surface area contributed by atoms with E-state index < -0.39 is 11.7 Å². The Morgan fingerprint density at radius 2 is 2.11 bits per heavy atom. The van der Waals surface area contributed by atoms with E-state index in [1.807, 2.05) is 0 Å². The molecule has 1 aromatic carbocycles. The van der Waals surface area contributed by atoms with Crippen LogP contribution in [0.5, 0.6) is 0 Å². The first kappa shape index (κ1) is 14.8. The zero-order valence-corrected chi connectivity index (χ0v) is 9.97. The molecule has 0 saturated heterocycles. The quantitative estimate of drug-likeness (QED) is 0.659. The highest BCUT2D eigenvalue weighted by molar-refractivity contribution is 5.76. The molecule has 0 aliphatic carbocycles. The molecule has 0 bridgehead atoms. The molecular weight excluding hydrogens is 259 g/mol. The summed E-state index contributed by atoms with van der Waals surface area (Å²) in [6, 6.07) is 3.13. The summed E-state index contributed by atoms with van der Waals surface area (Å²) in [5, 5.41) is 2.35. The molecule has 1 aromatic rings. The minimum absolute atomic E-state index is 0.0396. The Labute approximate surface area is 107 Å². The lowest BCUT2D eigenvalue weighted by Crippen LogP contribution is -2.19. The van der Waals surface area contributed by atoms with Crippen LogP contribution < -0.4 is 5.32 Å². The SMILES string of the molecule is CC(=O)NCC#Cc1ccc(C=O)cc1C(F)(F)F. The molecule has 1 N–H and O–H groups in total. The van der Waals surface area contributed by atoms with E-state index in [0.717, 1.165) is 12.1 Å². The van der Waals surface area contributed by atoms with E-state index >= 15 is 0 Å². The van der Waals surface area contributed by atoms with Gasteiger partial charge in [-0.25, -0.2) is 0 Å². The molecule has 0 atom stereocenters. The number of alkyl halides is 3. The third kappa shape index (κ3) is 4.47. The van der Waals surface area contributed by atoms with E-state index in [2.05, 4.69) is 17.2 Å². The topological polar surface area (TPSA) is 46.2 Å². The largest absolute Gasteiger partial charge is 0.417 e. The van der Waals surface area contributed by atoms with Crippen LogP contribution in [0.25, 0.3) is 0 Å². The second-order valence-corrected chi connectivity index (χ2v) is 3.63. The number of amides is 1. The van der Waals surface area contributed by atoms with Crippen LogP contribution in [0.2, 0.25) is 0 Å². The fourth-order valence-electron chi connectivity index (χ4n) is 1.29. The van der Waals surface area contributed by atoms with Crippen molar-refractivity contribution in [2.45, 2.75) is 13.1 Å². The molecule has 0 aliphatic heterocycles. The first-order chi connectivity index (χ1) is 8.84. The maximum atomic E-state index is 12.7. The molecule has 0 unspecified atom stereocenters. The molecule has 1 amide bonds. The van der Waals surface area contributed by atoms with Crippen LogP contribution in [-0.2, 0) is 11.0 Å². The molecule has 0 aliphatic rings. The third-order valence-electron chi connectivity index (χ3n) is 2.13. The summed E-state index contributed by atoms with van der Waals surface area (Å²) < 4.78 is 38.2. The lowest BCUT2D eigenvalue weighted by molar-refractivity contribution is -0.137. The Bertz CT molecular complexity index is 553. The van der Waals surface area contributed by atoms with Crippen molar-refractivity contribution in [3.8, 4) is 11.8 Å². The van der Waals surface area contributed by atoms with Gasteiger partial charge in [0.2, 0.25) is 5.91 Å². The number of hydrogen-bond acceptors (Lipinski definition) is 2. The van der Waals surface area contributed by atoms with Gasteiger partial charge in [0.05, 0.1) is 12.1 Å². The van der Waals surface area contributed by atoms with Crippen molar-refractivity contribution in [2.75, 3.05) is 6.54 Å². The first-order valence-electron chi connectivity index (χ1n) is 5.24. The summed E-state index contributed by atoms with van der Waals surface area (Å²) in [6.45, 7) is 1.24. The van der Waals surface area contributed by atoms with Gasteiger partial charge in [0, 0.05) is 18.1 Å². The van der Waals surface area contributed by atoms with E-state index in [0.29, 0.717) is 6.29 Å². The molecule has 0 saturated carbocycles. The van der Waals surface area contributed by atoms with Gasteiger partial charge >= 0.3 is 6.18 Å². The van der Waals surface area contributed by atoms with Gasteiger partial charge in [-0.3, -0.25) is 9.59 Å². The second kappa shape index (κ2) is 6.05. The number of carbonyl (C=O) groups is 2. The third-order valence-corrected chi connectivity index (χ3v) is 2.13. The zero-order valence-electron chi connectivity index (χ0n) is 9.97. The second-order valence-electron chi connectivity index (χ2n) is 3.63. The minimum Gasteiger partial charge on any atom is -0.345 e. The highest BCUT2D eigenvalue weighted by Gasteiger charge is 2.33. The summed E-state index contributed by atoms with van der Waals surface area (Å²) in [7, 11) is 0. The van der Waals surface area contributed by atoms with E-state index in [9.17, 15) is 22.8 Å². The molecule has 0 aromatic heterocycles. The van der Waals surface area contributed by atoms with Gasteiger partial charge in [-0.2, -0.15) is 13.2 Å². The normalized spacial score (nSPS) is 10.3. The van der Waals surface area contributed by atoms with Gasteiger partial charge < -0.3 is 5.32 Å². The van der Waals surface area contributed by atoms with Gasteiger partial charge in [-0.1, -0.05) is 17.9 Å². The summed E-state index contributed by atoms with van der Waals surface area (Å²) in [5.74, 6) is 4.42. The summed E-state index contributed by atoms with van der Waals surface area (Å²) in [6.07, 6.45) is -4.25. The van der Waals surface area contributed by atoms with E-state index in [1.54, 1.807) is 0 Å². The van der Waals surface area contributed by atoms with Gasteiger partial charge in [-0.05, 0) is 12.1 Å². The summed E-state index contributed by atoms with van der Waals surface area (Å²) in [5.41, 5.74) is -1.27. The lowest BCUT2D eigenvalue weighted by atomic mass is 10.0. The summed E-state index contributed by atoms with van der Waals surface area (Å²) >= 11 is 0. The molecule has 6 heteroatoms. The Hall–Kier alpha value is -2.29. The number of hydrogen-bond donors (Lipinski definition) is 1. The predicted octanol–water partition coefficient (Wildman–Crippen LogP) is 2.01. The molecular formula is C13H10F3NO2. The fraction of sp³-hybridized carbons (Fsp3) is 0.231. The van der Waals surface area contributed by atoms with Crippen molar-refractivity contribution in [1.29, 1.82) is 0 Å². The van der Waals surface area contributed by atoms with Crippen LogP contribution in [0.4, 0.5) is 13.2 Å². The van der Waals surface area contributed by atoms with E-state index in [4.69, 9.17) is 0 Å².